The van der Waals surface area contributed by atoms with Crippen LogP contribution in [0.25, 0.3) is 0 Å². The molecule has 0 radical (unpaired) electrons. The quantitative estimate of drug-likeness (QED) is 0.513. The highest BCUT2D eigenvalue weighted by atomic mass is 32.1. The van der Waals surface area contributed by atoms with Gasteiger partial charge in [0.15, 0.2) is 5.11 Å². The highest BCUT2D eigenvalue weighted by Gasteiger charge is 2.08. The summed E-state index contributed by atoms with van der Waals surface area (Å²) >= 11 is 5.20. The molecule has 21 heavy (non-hydrogen) atoms. The molecule has 0 bridgehead atoms. The molecule has 0 fully saturated rings. The zero-order valence-corrected chi connectivity index (χ0v) is 12.5. The SMILES string of the molecule is CCn1cc(NC(=S)Nc2cccc([N+](=O)[O-])c2)c(C)n1. The van der Waals surface area contributed by atoms with E-state index in [1.165, 1.54) is 12.1 Å². The monoisotopic (exact) mass is 305 g/mol. The van der Waals surface area contributed by atoms with Crippen molar-refractivity contribution in [3.05, 3.63) is 46.3 Å². The molecule has 8 heteroatoms. The largest absolute Gasteiger partial charge is 0.332 e. The van der Waals surface area contributed by atoms with Crippen LogP contribution in [0, 0.1) is 17.0 Å². The van der Waals surface area contributed by atoms with E-state index >= 15 is 0 Å². The van der Waals surface area contributed by atoms with Crippen LogP contribution in [0.2, 0.25) is 0 Å². The summed E-state index contributed by atoms with van der Waals surface area (Å²) in [5, 5.41) is 21.3. The number of benzene rings is 1. The minimum Gasteiger partial charge on any atom is -0.332 e. The van der Waals surface area contributed by atoms with Crippen LogP contribution in [-0.4, -0.2) is 19.8 Å². The molecule has 0 unspecified atom stereocenters. The van der Waals surface area contributed by atoms with Crippen LogP contribution in [0.1, 0.15) is 12.6 Å². The fraction of sp³-hybridized carbons (Fsp3) is 0.231. The zero-order chi connectivity index (χ0) is 15.4. The summed E-state index contributed by atoms with van der Waals surface area (Å²) in [7, 11) is 0. The molecule has 1 aromatic heterocycles. The zero-order valence-electron chi connectivity index (χ0n) is 11.7. The lowest BCUT2D eigenvalue weighted by Gasteiger charge is -2.09. The Morgan fingerprint density at radius 3 is 2.86 bits per heavy atom. The second-order valence-corrected chi connectivity index (χ2v) is 4.78. The van der Waals surface area contributed by atoms with Gasteiger partial charge in [-0.15, -0.1) is 0 Å². The molecule has 7 nitrogen and oxygen atoms in total. The van der Waals surface area contributed by atoms with E-state index in [1.54, 1.807) is 16.8 Å². The molecule has 2 aromatic rings. The van der Waals surface area contributed by atoms with E-state index in [0.717, 1.165) is 17.9 Å². The lowest BCUT2D eigenvalue weighted by Crippen LogP contribution is -2.19. The van der Waals surface area contributed by atoms with Crippen LogP contribution in [-0.2, 0) is 6.54 Å². The molecule has 0 saturated carbocycles. The van der Waals surface area contributed by atoms with Gasteiger partial charge in [0.1, 0.15) is 0 Å². The summed E-state index contributed by atoms with van der Waals surface area (Å²) in [6, 6.07) is 6.17. The first kappa shape index (κ1) is 14.9. The highest BCUT2D eigenvalue weighted by molar-refractivity contribution is 7.80. The van der Waals surface area contributed by atoms with Crippen LogP contribution in [0.4, 0.5) is 17.1 Å². The molecule has 110 valence electrons. The van der Waals surface area contributed by atoms with Crippen molar-refractivity contribution in [2.45, 2.75) is 20.4 Å². The van der Waals surface area contributed by atoms with Crippen LogP contribution < -0.4 is 10.6 Å². The molecule has 0 aliphatic rings. The van der Waals surface area contributed by atoms with Gasteiger partial charge < -0.3 is 10.6 Å². The number of nitrogens with one attached hydrogen (secondary N) is 2. The Morgan fingerprint density at radius 1 is 1.48 bits per heavy atom. The fourth-order valence-electron chi connectivity index (χ4n) is 1.78. The molecule has 2 rings (SSSR count). The summed E-state index contributed by atoms with van der Waals surface area (Å²) in [4.78, 5) is 10.3. The third kappa shape index (κ3) is 3.76. The van der Waals surface area contributed by atoms with E-state index < -0.39 is 4.92 Å². The second-order valence-electron chi connectivity index (χ2n) is 4.37. The van der Waals surface area contributed by atoms with Gasteiger partial charge in [-0.3, -0.25) is 14.8 Å². The van der Waals surface area contributed by atoms with E-state index in [0.29, 0.717) is 10.8 Å². The van der Waals surface area contributed by atoms with Gasteiger partial charge in [-0.05, 0) is 32.1 Å². The van der Waals surface area contributed by atoms with Gasteiger partial charge in [0, 0.05) is 30.6 Å². The highest BCUT2D eigenvalue weighted by Crippen LogP contribution is 2.18. The lowest BCUT2D eigenvalue weighted by molar-refractivity contribution is -0.384. The van der Waals surface area contributed by atoms with Gasteiger partial charge in [0.25, 0.3) is 5.69 Å². The first-order valence-electron chi connectivity index (χ1n) is 6.36. The Labute approximate surface area is 127 Å². The van der Waals surface area contributed by atoms with Crippen molar-refractivity contribution in [3.63, 3.8) is 0 Å². The number of nitro groups is 1. The Bertz CT molecular complexity index is 683. The van der Waals surface area contributed by atoms with Crippen LogP contribution in [0.15, 0.2) is 30.5 Å². The maximum atomic E-state index is 10.7. The van der Waals surface area contributed by atoms with Crippen LogP contribution in [0.3, 0.4) is 0 Å². The predicted molar refractivity (Wildman–Crippen MR) is 85.6 cm³/mol. The molecule has 2 N–H and O–H groups in total. The third-order valence-electron chi connectivity index (χ3n) is 2.83. The summed E-state index contributed by atoms with van der Waals surface area (Å²) in [6.07, 6.45) is 1.86. The van der Waals surface area contributed by atoms with Gasteiger partial charge in [-0.2, -0.15) is 5.10 Å². The van der Waals surface area contributed by atoms with Crippen molar-refractivity contribution in [2.75, 3.05) is 10.6 Å². The van der Waals surface area contributed by atoms with E-state index in [2.05, 4.69) is 15.7 Å². The van der Waals surface area contributed by atoms with E-state index in [9.17, 15) is 10.1 Å². The number of non-ortho nitro benzene ring substituents is 1. The summed E-state index contributed by atoms with van der Waals surface area (Å²) < 4.78 is 1.80. The minimum absolute atomic E-state index is 0.0118. The molecule has 0 amide bonds. The molecule has 1 heterocycles. The Balaban J connectivity index is 2.06. The maximum absolute atomic E-state index is 10.7. The average Bonchev–Trinajstić information content (AvgIpc) is 2.79. The minimum atomic E-state index is -0.447. The topological polar surface area (TPSA) is 85.0 Å². The van der Waals surface area contributed by atoms with Crippen molar-refractivity contribution in [1.29, 1.82) is 0 Å². The number of nitrogens with zero attached hydrogens (tertiary/aromatic N) is 3. The van der Waals surface area contributed by atoms with Gasteiger partial charge in [-0.25, -0.2) is 0 Å². The third-order valence-corrected chi connectivity index (χ3v) is 3.04. The number of aryl methyl sites for hydroxylation is 2. The molecular formula is C13H15N5O2S. The van der Waals surface area contributed by atoms with Gasteiger partial charge in [0.2, 0.25) is 0 Å². The number of anilines is 2. The van der Waals surface area contributed by atoms with Crippen molar-refractivity contribution in [2.24, 2.45) is 0 Å². The Hall–Kier alpha value is -2.48. The number of hydrogen-bond acceptors (Lipinski definition) is 4. The van der Waals surface area contributed by atoms with Crippen LogP contribution >= 0.6 is 12.2 Å². The molecule has 0 aliphatic carbocycles. The normalized spacial score (nSPS) is 10.2. The smallest absolute Gasteiger partial charge is 0.271 e. The summed E-state index contributed by atoms with van der Waals surface area (Å²) in [5.74, 6) is 0. The number of hydrogen-bond donors (Lipinski definition) is 2. The Kier molecular flexibility index (Phi) is 4.49. The van der Waals surface area contributed by atoms with Crippen molar-refractivity contribution in [3.8, 4) is 0 Å². The van der Waals surface area contributed by atoms with Crippen molar-refractivity contribution in [1.82, 2.24) is 9.78 Å². The molecule has 0 spiro atoms. The van der Waals surface area contributed by atoms with Gasteiger partial charge in [0.05, 0.1) is 16.3 Å². The Morgan fingerprint density at radius 2 is 2.24 bits per heavy atom. The first-order valence-corrected chi connectivity index (χ1v) is 6.77. The average molecular weight is 305 g/mol. The predicted octanol–water partition coefficient (Wildman–Crippen LogP) is 2.93. The van der Waals surface area contributed by atoms with E-state index in [4.69, 9.17) is 12.2 Å². The molecule has 1 aromatic carbocycles. The summed E-state index contributed by atoms with van der Waals surface area (Å²) in [6.45, 7) is 4.65. The fourth-order valence-corrected chi connectivity index (χ4v) is 2.01. The van der Waals surface area contributed by atoms with Gasteiger partial charge >= 0.3 is 0 Å². The number of thiocarbonyl (C=S) groups is 1. The van der Waals surface area contributed by atoms with E-state index in [-0.39, 0.29) is 5.69 Å². The maximum Gasteiger partial charge on any atom is 0.271 e. The van der Waals surface area contributed by atoms with Crippen LogP contribution in [0.5, 0.6) is 0 Å². The van der Waals surface area contributed by atoms with E-state index in [1.807, 2.05) is 20.0 Å². The van der Waals surface area contributed by atoms with Crippen molar-refractivity contribution >= 4 is 34.4 Å². The van der Waals surface area contributed by atoms with Gasteiger partial charge in [-0.1, -0.05) is 6.07 Å². The molecule has 0 saturated heterocycles. The molecular weight excluding hydrogens is 290 g/mol. The standard InChI is InChI=1S/C13H15N5O2S/c1-3-17-8-12(9(2)16-17)15-13(21)14-10-5-4-6-11(7-10)18(19)20/h4-8H,3H2,1-2H3,(H2,14,15,21). The lowest BCUT2D eigenvalue weighted by atomic mass is 10.3. The number of nitro benzene ring substituents is 1. The summed E-state index contributed by atoms with van der Waals surface area (Å²) in [5.41, 5.74) is 2.21. The first-order chi connectivity index (χ1) is 9.99. The molecule has 0 aliphatic heterocycles. The molecule has 0 atom stereocenters. The van der Waals surface area contributed by atoms with Crippen molar-refractivity contribution < 1.29 is 4.92 Å². The number of aromatic nitrogens is 2. The number of rotatable bonds is 4. The second kappa shape index (κ2) is 6.31.